The van der Waals surface area contributed by atoms with Gasteiger partial charge in [0.2, 0.25) is 5.91 Å². The average molecular weight is 475 g/mol. The fourth-order valence-corrected chi connectivity index (χ4v) is 4.27. The minimum Gasteiger partial charge on any atom is -0.496 e. The number of anilines is 1. The van der Waals surface area contributed by atoms with Gasteiger partial charge in [-0.15, -0.1) is 0 Å². The van der Waals surface area contributed by atoms with Crippen LogP contribution in [-0.2, 0) is 17.8 Å². The SMILES string of the molecule is CCOc1ccc(NC(=O)CCc2c(C)n(CC)c3cc(-c4ccccc4OC)nn3c2=O)cc1. The van der Waals surface area contributed by atoms with Crippen LogP contribution in [0.25, 0.3) is 16.9 Å². The number of para-hydroxylation sites is 1. The molecule has 182 valence electrons. The van der Waals surface area contributed by atoms with Crippen LogP contribution < -0.4 is 20.3 Å². The van der Waals surface area contributed by atoms with E-state index in [9.17, 15) is 9.59 Å². The van der Waals surface area contributed by atoms with Gasteiger partial charge in [0, 0.05) is 41.5 Å². The van der Waals surface area contributed by atoms with Gasteiger partial charge in [0.25, 0.3) is 5.56 Å². The number of amides is 1. The highest BCUT2D eigenvalue weighted by molar-refractivity contribution is 5.90. The quantitative estimate of drug-likeness (QED) is 0.387. The second-order valence-electron chi connectivity index (χ2n) is 8.12. The summed E-state index contributed by atoms with van der Waals surface area (Å²) < 4.78 is 14.4. The third-order valence-corrected chi connectivity index (χ3v) is 6.01. The Balaban J connectivity index is 1.60. The zero-order valence-corrected chi connectivity index (χ0v) is 20.5. The number of benzene rings is 2. The summed E-state index contributed by atoms with van der Waals surface area (Å²) in [6.07, 6.45) is 0.493. The molecule has 0 spiro atoms. The summed E-state index contributed by atoms with van der Waals surface area (Å²) in [7, 11) is 1.61. The van der Waals surface area contributed by atoms with Crippen LogP contribution in [0, 0.1) is 6.92 Å². The van der Waals surface area contributed by atoms with Crippen LogP contribution in [0.5, 0.6) is 11.5 Å². The molecule has 0 saturated carbocycles. The molecule has 2 heterocycles. The molecule has 0 aliphatic carbocycles. The number of aryl methyl sites for hydroxylation is 1. The molecule has 0 aliphatic rings. The minimum absolute atomic E-state index is 0.161. The molecule has 2 aromatic carbocycles. The lowest BCUT2D eigenvalue weighted by Gasteiger charge is -2.14. The normalized spacial score (nSPS) is 11.0. The number of rotatable bonds is 9. The molecule has 2 aromatic heterocycles. The van der Waals surface area contributed by atoms with Crippen molar-refractivity contribution in [2.75, 3.05) is 19.0 Å². The van der Waals surface area contributed by atoms with Crippen molar-refractivity contribution < 1.29 is 14.3 Å². The van der Waals surface area contributed by atoms with Crippen LogP contribution in [0.3, 0.4) is 0 Å². The van der Waals surface area contributed by atoms with Crippen LogP contribution in [0.15, 0.2) is 59.4 Å². The van der Waals surface area contributed by atoms with Gasteiger partial charge in [-0.3, -0.25) is 9.59 Å². The van der Waals surface area contributed by atoms with Gasteiger partial charge in [-0.2, -0.15) is 9.61 Å². The molecule has 0 radical (unpaired) electrons. The summed E-state index contributed by atoms with van der Waals surface area (Å²) in [5.74, 6) is 1.28. The number of methoxy groups -OCH3 is 1. The molecule has 35 heavy (non-hydrogen) atoms. The number of nitrogens with one attached hydrogen (secondary N) is 1. The highest BCUT2D eigenvalue weighted by Gasteiger charge is 2.18. The predicted molar refractivity (Wildman–Crippen MR) is 136 cm³/mol. The lowest BCUT2D eigenvalue weighted by atomic mass is 10.1. The van der Waals surface area contributed by atoms with Crippen LogP contribution in [0.4, 0.5) is 5.69 Å². The molecule has 1 N–H and O–H groups in total. The van der Waals surface area contributed by atoms with E-state index in [2.05, 4.69) is 10.4 Å². The van der Waals surface area contributed by atoms with E-state index in [-0.39, 0.29) is 17.9 Å². The lowest BCUT2D eigenvalue weighted by Crippen LogP contribution is -2.26. The number of carbonyl (C=O) groups is 1. The summed E-state index contributed by atoms with van der Waals surface area (Å²) in [6.45, 7) is 7.11. The van der Waals surface area contributed by atoms with Gasteiger partial charge in [-0.25, -0.2) is 0 Å². The van der Waals surface area contributed by atoms with Gasteiger partial charge in [-0.1, -0.05) is 12.1 Å². The molecule has 0 bridgehead atoms. The molecule has 8 heteroatoms. The van der Waals surface area contributed by atoms with Crippen molar-refractivity contribution in [1.82, 2.24) is 14.2 Å². The standard InChI is InChI=1S/C27H30N4O4/c1-5-30-18(3)21(15-16-25(32)28-19-11-13-20(14-12-19)35-6-2)27(33)31-26(30)17-23(29-31)22-9-7-8-10-24(22)34-4/h7-14,17H,5-6,15-16H2,1-4H3,(H,28,32). The molecular weight excluding hydrogens is 444 g/mol. The van der Waals surface area contributed by atoms with Gasteiger partial charge < -0.3 is 19.4 Å². The number of nitrogens with zero attached hydrogens (tertiary/aromatic N) is 3. The zero-order valence-electron chi connectivity index (χ0n) is 20.5. The molecule has 0 saturated heterocycles. The van der Waals surface area contributed by atoms with Crippen molar-refractivity contribution in [2.24, 2.45) is 0 Å². The van der Waals surface area contributed by atoms with E-state index < -0.39 is 0 Å². The fraction of sp³-hybridized carbons (Fsp3) is 0.296. The predicted octanol–water partition coefficient (Wildman–Crippen LogP) is 4.47. The Morgan fingerprint density at radius 3 is 2.51 bits per heavy atom. The molecule has 0 atom stereocenters. The molecule has 0 aliphatic heterocycles. The van der Waals surface area contributed by atoms with Crippen molar-refractivity contribution in [1.29, 1.82) is 0 Å². The first-order chi connectivity index (χ1) is 17.0. The first kappa shape index (κ1) is 24.1. The summed E-state index contributed by atoms with van der Waals surface area (Å²) in [6, 6.07) is 16.7. The Labute approximate surface area is 204 Å². The Morgan fingerprint density at radius 2 is 1.83 bits per heavy atom. The first-order valence-electron chi connectivity index (χ1n) is 11.7. The summed E-state index contributed by atoms with van der Waals surface area (Å²) in [5.41, 5.74) is 4.07. The van der Waals surface area contributed by atoms with Gasteiger partial charge in [0.05, 0.1) is 19.4 Å². The number of ether oxygens (including phenoxy) is 2. The van der Waals surface area contributed by atoms with Crippen LogP contribution in [0.2, 0.25) is 0 Å². The Hall–Kier alpha value is -4.07. The lowest BCUT2D eigenvalue weighted by molar-refractivity contribution is -0.116. The summed E-state index contributed by atoms with van der Waals surface area (Å²) in [5, 5.41) is 7.50. The maximum atomic E-state index is 13.4. The van der Waals surface area contributed by atoms with Crippen LogP contribution in [-0.4, -0.2) is 33.8 Å². The van der Waals surface area contributed by atoms with E-state index in [1.54, 1.807) is 19.2 Å². The number of hydrogen-bond acceptors (Lipinski definition) is 5. The van der Waals surface area contributed by atoms with Crippen molar-refractivity contribution in [3.05, 3.63) is 76.2 Å². The highest BCUT2D eigenvalue weighted by Crippen LogP contribution is 2.29. The molecule has 0 fully saturated rings. The molecule has 8 nitrogen and oxygen atoms in total. The van der Waals surface area contributed by atoms with Gasteiger partial charge in [-0.05, 0) is 63.6 Å². The minimum atomic E-state index is -0.211. The molecule has 1 amide bonds. The maximum Gasteiger partial charge on any atom is 0.277 e. The third kappa shape index (κ3) is 4.91. The zero-order chi connectivity index (χ0) is 24.9. The van der Waals surface area contributed by atoms with E-state index in [4.69, 9.17) is 9.47 Å². The van der Waals surface area contributed by atoms with Gasteiger partial charge in [0.1, 0.15) is 17.1 Å². The van der Waals surface area contributed by atoms with E-state index in [1.807, 2.05) is 67.8 Å². The number of carbonyl (C=O) groups excluding carboxylic acids is 1. The van der Waals surface area contributed by atoms with Crippen LogP contribution in [0.1, 0.15) is 31.5 Å². The van der Waals surface area contributed by atoms with Crippen LogP contribution >= 0.6 is 0 Å². The third-order valence-electron chi connectivity index (χ3n) is 6.01. The Kier molecular flexibility index (Phi) is 7.19. The topological polar surface area (TPSA) is 86.9 Å². The average Bonchev–Trinajstić information content (AvgIpc) is 3.31. The molecular formula is C27H30N4O4. The number of aromatic nitrogens is 3. The fourth-order valence-electron chi connectivity index (χ4n) is 4.27. The Morgan fingerprint density at radius 1 is 1.09 bits per heavy atom. The van der Waals surface area contributed by atoms with E-state index in [1.165, 1.54) is 4.52 Å². The smallest absolute Gasteiger partial charge is 0.277 e. The van der Waals surface area contributed by atoms with E-state index in [0.29, 0.717) is 47.9 Å². The summed E-state index contributed by atoms with van der Waals surface area (Å²) in [4.78, 5) is 26.0. The highest BCUT2D eigenvalue weighted by atomic mass is 16.5. The summed E-state index contributed by atoms with van der Waals surface area (Å²) >= 11 is 0. The number of fused-ring (bicyclic) bond motifs is 1. The first-order valence-corrected chi connectivity index (χ1v) is 11.7. The second-order valence-corrected chi connectivity index (χ2v) is 8.12. The molecule has 0 unspecified atom stereocenters. The monoisotopic (exact) mass is 474 g/mol. The van der Waals surface area contributed by atoms with Gasteiger partial charge in [0.15, 0.2) is 0 Å². The Bertz CT molecular complexity index is 1400. The molecule has 4 aromatic rings. The number of hydrogen-bond donors (Lipinski definition) is 1. The van der Waals surface area contributed by atoms with Gasteiger partial charge >= 0.3 is 0 Å². The largest absolute Gasteiger partial charge is 0.496 e. The maximum absolute atomic E-state index is 13.4. The van der Waals surface area contributed by atoms with Crippen molar-refractivity contribution >= 4 is 17.2 Å². The van der Waals surface area contributed by atoms with E-state index in [0.717, 1.165) is 17.0 Å². The molecule has 4 rings (SSSR count). The second kappa shape index (κ2) is 10.5. The van der Waals surface area contributed by atoms with E-state index >= 15 is 0 Å². The van der Waals surface area contributed by atoms with Crippen molar-refractivity contribution in [3.63, 3.8) is 0 Å². The van der Waals surface area contributed by atoms with Crippen molar-refractivity contribution in [3.8, 4) is 22.8 Å². The van der Waals surface area contributed by atoms with Crippen molar-refractivity contribution in [2.45, 2.75) is 40.2 Å².